The molecule has 1 aliphatic rings. The highest BCUT2D eigenvalue weighted by molar-refractivity contribution is 5.91. The van der Waals surface area contributed by atoms with Gasteiger partial charge in [-0.1, -0.05) is 6.58 Å². The van der Waals surface area contributed by atoms with Crippen molar-refractivity contribution in [3.05, 3.63) is 43.0 Å². The average Bonchev–Trinajstić information content (AvgIpc) is 3.01. The number of aryl methyl sites for hydroxylation is 1. The van der Waals surface area contributed by atoms with Crippen molar-refractivity contribution >= 4 is 11.4 Å². The fourth-order valence-electron chi connectivity index (χ4n) is 3.01. The van der Waals surface area contributed by atoms with Crippen LogP contribution in [0.3, 0.4) is 0 Å². The number of primary amides is 1. The largest absolute Gasteiger partial charge is 0.476 e. The number of ether oxygens (including phenoxy) is 1. The van der Waals surface area contributed by atoms with Crippen LogP contribution in [0.25, 0.3) is 16.8 Å². The molecule has 26 heavy (non-hydrogen) atoms. The average molecular weight is 352 g/mol. The van der Waals surface area contributed by atoms with Gasteiger partial charge in [-0.2, -0.15) is 10.2 Å². The van der Waals surface area contributed by atoms with Gasteiger partial charge < -0.3 is 10.5 Å². The number of nitrogens with two attached hydrogens (primary N) is 1. The molecule has 8 heteroatoms. The van der Waals surface area contributed by atoms with Crippen LogP contribution in [0.5, 0.6) is 5.88 Å². The maximum atomic E-state index is 11.3. The van der Waals surface area contributed by atoms with Crippen LogP contribution in [0, 0.1) is 5.41 Å². The number of hydrogen-bond donors (Lipinski definition) is 1. The van der Waals surface area contributed by atoms with Crippen LogP contribution >= 0.6 is 0 Å². The van der Waals surface area contributed by atoms with E-state index in [9.17, 15) is 4.79 Å². The second-order valence-corrected chi connectivity index (χ2v) is 6.93. The van der Waals surface area contributed by atoms with Crippen molar-refractivity contribution in [1.82, 2.24) is 24.4 Å². The van der Waals surface area contributed by atoms with Gasteiger partial charge in [0.2, 0.25) is 11.8 Å². The Labute approximate surface area is 150 Å². The Morgan fingerprint density at radius 2 is 2.19 bits per heavy atom. The summed E-state index contributed by atoms with van der Waals surface area (Å²) >= 11 is 0. The molecule has 0 spiro atoms. The van der Waals surface area contributed by atoms with Crippen LogP contribution < -0.4 is 10.5 Å². The van der Waals surface area contributed by atoms with Gasteiger partial charge in [0.15, 0.2) is 0 Å². The predicted octanol–water partition coefficient (Wildman–Crippen LogP) is 1.72. The second kappa shape index (κ2) is 5.98. The molecule has 1 amide bonds. The van der Waals surface area contributed by atoms with Crippen molar-refractivity contribution in [3.63, 3.8) is 0 Å². The Morgan fingerprint density at radius 1 is 1.38 bits per heavy atom. The Balaban J connectivity index is 1.59. The highest BCUT2D eigenvalue weighted by Crippen LogP contribution is 2.50. The SMILES string of the molecule is C=C(CC1(COc2nc(-c3cnn(C)c3)cn3nccc23)CC1)C(N)=O. The molecule has 4 rings (SSSR count). The van der Waals surface area contributed by atoms with Crippen LogP contribution in [-0.2, 0) is 11.8 Å². The number of rotatable bonds is 7. The summed E-state index contributed by atoms with van der Waals surface area (Å²) in [5, 5.41) is 8.49. The first-order valence-corrected chi connectivity index (χ1v) is 8.40. The summed E-state index contributed by atoms with van der Waals surface area (Å²) in [4.78, 5) is 15.9. The van der Waals surface area contributed by atoms with Crippen LogP contribution in [-0.4, -0.2) is 36.9 Å². The quantitative estimate of drug-likeness (QED) is 0.653. The zero-order valence-corrected chi connectivity index (χ0v) is 14.6. The van der Waals surface area contributed by atoms with Gasteiger partial charge in [0, 0.05) is 29.8 Å². The predicted molar refractivity (Wildman–Crippen MR) is 95.3 cm³/mol. The topological polar surface area (TPSA) is 100 Å². The first-order valence-electron chi connectivity index (χ1n) is 8.40. The molecule has 0 unspecified atom stereocenters. The third kappa shape index (κ3) is 3.05. The molecule has 0 aromatic carbocycles. The number of carbonyl (C=O) groups excluding carboxylic acids is 1. The van der Waals surface area contributed by atoms with E-state index in [1.807, 2.05) is 25.5 Å². The van der Waals surface area contributed by atoms with Crippen molar-refractivity contribution in [1.29, 1.82) is 0 Å². The normalized spacial score (nSPS) is 15.1. The molecule has 0 saturated heterocycles. The van der Waals surface area contributed by atoms with Gasteiger partial charge in [-0.05, 0) is 25.3 Å². The van der Waals surface area contributed by atoms with Crippen molar-refractivity contribution in [2.75, 3.05) is 6.61 Å². The van der Waals surface area contributed by atoms with E-state index < -0.39 is 5.91 Å². The lowest BCUT2D eigenvalue weighted by Gasteiger charge is -2.16. The van der Waals surface area contributed by atoms with E-state index >= 15 is 0 Å². The van der Waals surface area contributed by atoms with E-state index in [2.05, 4.69) is 21.8 Å². The minimum atomic E-state index is -0.453. The molecular formula is C18H20N6O2. The van der Waals surface area contributed by atoms with Crippen molar-refractivity contribution < 1.29 is 9.53 Å². The summed E-state index contributed by atoms with van der Waals surface area (Å²) in [6.45, 7) is 4.22. The van der Waals surface area contributed by atoms with Crippen LogP contribution in [0.15, 0.2) is 43.0 Å². The molecule has 134 valence electrons. The first-order chi connectivity index (χ1) is 12.5. The molecule has 1 saturated carbocycles. The lowest BCUT2D eigenvalue weighted by atomic mass is 9.98. The van der Waals surface area contributed by atoms with Gasteiger partial charge in [-0.15, -0.1) is 0 Å². The van der Waals surface area contributed by atoms with E-state index in [-0.39, 0.29) is 5.41 Å². The lowest BCUT2D eigenvalue weighted by molar-refractivity contribution is -0.114. The second-order valence-electron chi connectivity index (χ2n) is 6.93. The van der Waals surface area contributed by atoms with Crippen molar-refractivity contribution in [3.8, 4) is 17.1 Å². The highest BCUT2D eigenvalue weighted by Gasteiger charge is 2.44. The monoisotopic (exact) mass is 352 g/mol. The number of carbonyl (C=O) groups is 1. The lowest BCUT2D eigenvalue weighted by Crippen LogP contribution is -2.20. The maximum Gasteiger partial charge on any atom is 0.244 e. The number of hydrogen-bond acceptors (Lipinski definition) is 5. The minimum absolute atomic E-state index is 0.0743. The van der Waals surface area contributed by atoms with Gasteiger partial charge in [0.05, 0.1) is 30.9 Å². The van der Waals surface area contributed by atoms with E-state index in [0.29, 0.717) is 24.5 Å². The fraction of sp³-hybridized carbons (Fsp3) is 0.333. The molecular weight excluding hydrogens is 332 g/mol. The number of nitrogens with zero attached hydrogens (tertiary/aromatic N) is 5. The van der Waals surface area contributed by atoms with E-state index in [1.54, 1.807) is 21.6 Å². The van der Waals surface area contributed by atoms with E-state index in [4.69, 9.17) is 10.5 Å². The van der Waals surface area contributed by atoms with Crippen LogP contribution in [0.4, 0.5) is 0 Å². The van der Waals surface area contributed by atoms with E-state index in [1.165, 1.54) is 0 Å². The van der Waals surface area contributed by atoms with Gasteiger partial charge in [0.25, 0.3) is 0 Å². The number of amides is 1. The van der Waals surface area contributed by atoms with Crippen LogP contribution in [0.1, 0.15) is 19.3 Å². The molecule has 0 atom stereocenters. The summed E-state index contributed by atoms with van der Waals surface area (Å²) < 4.78 is 9.53. The molecule has 8 nitrogen and oxygen atoms in total. The zero-order valence-electron chi connectivity index (χ0n) is 14.6. The highest BCUT2D eigenvalue weighted by atomic mass is 16.5. The third-order valence-corrected chi connectivity index (χ3v) is 4.77. The van der Waals surface area contributed by atoms with Gasteiger partial charge >= 0.3 is 0 Å². The summed E-state index contributed by atoms with van der Waals surface area (Å²) in [6, 6.07) is 1.86. The summed E-state index contributed by atoms with van der Waals surface area (Å²) in [7, 11) is 1.86. The Morgan fingerprint density at radius 3 is 2.85 bits per heavy atom. The maximum absolute atomic E-state index is 11.3. The molecule has 1 aliphatic carbocycles. The zero-order chi connectivity index (χ0) is 18.3. The van der Waals surface area contributed by atoms with Crippen LogP contribution in [0.2, 0.25) is 0 Å². The minimum Gasteiger partial charge on any atom is -0.476 e. The molecule has 2 N–H and O–H groups in total. The van der Waals surface area contributed by atoms with Gasteiger partial charge in [-0.25, -0.2) is 9.50 Å². The molecule has 0 bridgehead atoms. The molecule has 1 fully saturated rings. The molecule has 0 aliphatic heterocycles. The van der Waals surface area contributed by atoms with Crippen molar-refractivity contribution in [2.45, 2.75) is 19.3 Å². The molecule has 0 radical (unpaired) electrons. The third-order valence-electron chi connectivity index (χ3n) is 4.77. The Hall–Kier alpha value is -3.16. The van der Waals surface area contributed by atoms with Crippen molar-refractivity contribution in [2.24, 2.45) is 18.2 Å². The summed E-state index contributed by atoms with van der Waals surface area (Å²) in [6.07, 6.45) is 9.72. The Kier molecular flexibility index (Phi) is 3.75. The number of fused-ring (bicyclic) bond motifs is 1. The van der Waals surface area contributed by atoms with E-state index in [0.717, 1.165) is 29.6 Å². The summed E-state index contributed by atoms with van der Waals surface area (Å²) in [5.74, 6) is 0.0611. The molecule has 3 heterocycles. The standard InChI is InChI=1S/C18H20N6O2/c1-12(16(19)25)7-18(4-5-18)11-26-17-15-3-6-20-24(15)10-14(22-17)13-8-21-23(2)9-13/h3,6,8-10H,1,4-5,7,11H2,2H3,(H2,19,25). The van der Waals surface area contributed by atoms with Gasteiger partial charge in [0.1, 0.15) is 5.52 Å². The Bertz CT molecular complexity index is 998. The molecule has 3 aromatic rings. The smallest absolute Gasteiger partial charge is 0.244 e. The van der Waals surface area contributed by atoms with Gasteiger partial charge in [-0.3, -0.25) is 9.48 Å². The summed E-state index contributed by atoms with van der Waals surface area (Å²) in [5.41, 5.74) is 8.09. The number of aromatic nitrogens is 5. The first kappa shape index (κ1) is 16.3. The fourth-order valence-corrected chi connectivity index (χ4v) is 3.01. The molecule has 3 aromatic heterocycles.